The van der Waals surface area contributed by atoms with E-state index >= 15 is 0 Å². The minimum atomic E-state index is -0.570. The monoisotopic (exact) mass is 418 g/mol. The molecule has 0 atom stereocenters. The summed E-state index contributed by atoms with van der Waals surface area (Å²) >= 11 is 0. The smallest absolute Gasteiger partial charge is 0.333 e. The maximum absolute atomic E-state index is 13.2. The van der Waals surface area contributed by atoms with Gasteiger partial charge in [0.2, 0.25) is 5.91 Å². The Morgan fingerprint density at radius 1 is 1.03 bits per heavy atom. The highest BCUT2D eigenvalue weighted by Crippen LogP contribution is 2.09. The largest absolute Gasteiger partial charge is 0.350 e. The summed E-state index contributed by atoms with van der Waals surface area (Å²) in [6, 6.07) is 13.0. The van der Waals surface area contributed by atoms with Crippen molar-refractivity contribution in [3.63, 3.8) is 0 Å². The first-order chi connectivity index (χ1) is 15.1. The SMILES string of the molecule is CCn1cnc2c1c(=O)n(CC(=O)NCc1cccnc1)c(=O)n2Cc1ccccc1. The van der Waals surface area contributed by atoms with Crippen LogP contribution in [0.15, 0.2) is 70.8 Å². The third kappa shape index (κ3) is 4.16. The third-order valence-corrected chi connectivity index (χ3v) is 5.02. The quantitative estimate of drug-likeness (QED) is 0.485. The predicted molar refractivity (Wildman–Crippen MR) is 116 cm³/mol. The van der Waals surface area contributed by atoms with Gasteiger partial charge in [0.1, 0.15) is 6.54 Å². The molecule has 31 heavy (non-hydrogen) atoms. The van der Waals surface area contributed by atoms with Gasteiger partial charge in [-0.25, -0.2) is 14.3 Å². The lowest BCUT2D eigenvalue weighted by Crippen LogP contribution is -2.44. The van der Waals surface area contributed by atoms with Crippen LogP contribution in [0.4, 0.5) is 0 Å². The van der Waals surface area contributed by atoms with Gasteiger partial charge in [-0.05, 0) is 24.1 Å². The Bertz CT molecular complexity index is 1320. The molecule has 3 aromatic heterocycles. The molecule has 1 amide bonds. The van der Waals surface area contributed by atoms with Gasteiger partial charge in [-0.2, -0.15) is 0 Å². The molecular formula is C22H22N6O3. The van der Waals surface area contributed by atoms with Crippen molar-refractivity contribution in [3.05, 3.63) is 93.2 Å². The van der Waals surface area contributed by atoms with E-state index in [1.165, 1.54) is 4.57 Å². The van der Waals surface area contributed by atoms with Crippen molar-refractivity contribution in [1.29, 1.82) is 0 Å². The molecule has 1 aromatic carbocycles. The highest BCUT2D eigenvalue weighted by Gasteiger charge is 2.19. The molecule has 0 aliphatic rings. The molecule has 0 saturated carbocycles. The number of hydrogen-bond acceptors (Lipinski definition) is 5. The Labute approximate surface area is 177 Å². The van der Waals surface area contributed by atoms with Gasteiger partial charge in [0.05, 0.1) is 12.9 Å². The van der Waals surface area contributed by atoms with E-state index in [1.54, 1.807) is 29.4 Å². The van der Waals surface area contributed by atoms with Crippen molar-refractivity contribution in [2.45, 2.75) is 33.1 Å². The number of nitrogens with one attached hydrogen (secondary N) is 1. The predicted octanol–water partition coefficient (Wildman–Crippen LogP) is 1.14. The van der Waals surface area contributed by atoms with E-state index in [2.05, 4.69) is 15.3 Å². The summed E-state index contributed by atoms with van der Waals surface area (Å²) < 4.78 is 4.09. The molecule has 4 aromatic rings. The van der Waals surface area contributed by atoms with Gasteiger partial charge in [0.15, 0.2) is 11.2 Å². The fraction of sp³-hybridized carbons (Fsp3) is 0.227. The number of rotatable bonds is 7. The molecule has 158 valence electrons. The molecule has 0 radical (unpaired) electrons. The van der Waals surface area contributed by atoms with Gasteiger partial charge >= 0.3 is 5.69 Å². The van der Waals surface area contributed by atoms with E-state index in [-0.39, 0.29) is 19.6 Å². The van der Waals surface area contributed by atoms with Crippen molar-refractivity contribution in [2.75, 3.05) is 0 Å². The number of hydrogen-bond donors (Lipinski definition) is 1. The number of amides is 1. The number of fused-ring (bicyclic) bond motifs is 1. The normalized spacial score (nSPS) is 11.0. The van der Waals surface area contributed by atoms with E-state index in [4.69, 9.17) is 0 Å². The Kier molecular flexibility index (Phi) is 5.74. The molecule has 4 rings (SSSR count). The Balaban J connectivity index is 1.71. The average Bonchev–Trinajstić information content (AvgIpc) is 3.24. The van der Waals surface area contributed by atoms with E-state index in [0.29, 0.717) is 17.7 Å². The van der Waals surface area contributed by atoms with Crippen LogP contribution in [0.5, 0.6) is 0 Å². The standard InChI is InChI=1S/C22H22N6O3/c1-2-26-15-25-20-19(26)21(30)28(14-18(29)24-12-17-9-6-10-23-11-17)22(31)27(20)13-16-7-4-3-5-8-16/h3-11,15H,2,12-14H2,1H3,(H,24,29). The molecule has 9 nitrogen and oxygen atoms in total. The molecule has 0 aliphatic heterocycles. The fourth-order valence-corrected chi connectivity index (χ4v) is 3.43. The molecule has 0 spiro atoms. The number of carbonyl (C=O) groups excluding carboxylic acids is 1. The number of benzene rings is 1. The zero-order valence-electron chi connectivity index (χ0n) is 17.1. The first-order valence-corrected chi connectivity index (χ1v) is 9.96. The Morgan fingerprint density at radius 2 is 1.81 bits per heavy atom. The number of aryl methyl sites for hydroxylation is 1. The van der Waals surface area contributed by atoms with Crippen LogP contribution in [0.3, 0.4) is 0 Å². The molecule has 0 bridgehead atoms. The fourth-order valence-electron chi connectivity index (χ4n) is 3.43. The lowest BCUT2D eigenvalue weighted by Gasteiger charge is -2.12. The van der Waals surface area contributed by atoms with Crippen LogP contribution in [0.1, 0.15) is 18.1 Å². The second-order valence-electron chi connectivity index (χ2n) is 7.09. The Hall–Kier alpha value is -4.01. The van der Waals surface area contributed by atoms with Crippen LogP contribution in [-0.2, 0) is 31.0 Å². The highest BCUT2D eigenvalue weighted by molar-refractivity contribution is 5.76. The maximum Gasteiger partial charge on any atom is 0.333 e. The number of aromatic nitrogens is 5. The summed E-state index contributed by atoms with van der Waals surface area (Å²) in [5.74, 6) is -0.434. The van der Waals surface area contributed by atoms with Crippen LogP contribution >= 0.6 is 0 Å². The highest BCUT2D eigenvalue weighted by atomic mass is 16.2. The van der Waals surface area contributed by atoms with Crippen LogP contribution in [-0.4, -0.2) is 29.6 Å². The minimum Gasteiger partial charge on any atom is -0.350 e. The van der Waals surface area contributed by atoms with Crippen molar-refractivity contribution in [1.82, 2.24) is 29.0 Å². The van der Waals surface area contributed by atoms with Crippen LogP contribution in [0.2, 0.25) is 0 Å². The maximum atomic E-state index is 13.2. The molecule has 9 heteroatoms. The number of pyridine rings is 1. The van der Waals surface area contributed by atoms with Gasteiger partial charge < -0.3 is 9.88 Å². The summed E-state index contributed by atoms with van der Waals surface area (Å²) in [6.45, 7) is 2.53. The van der Waals surface area contributed by atoms with Gasteiger partial charge in [-0.15, -0.1) is 0 Å². The zero-order valence-corrected chi connectivity index (χ0v) is 17.1. The summed E-state index contributed by atoms with van der Waals surface area (Å²) in [4.78, 5) is 47.1. The first kappa shape index (κ1) is 20.3. The second kappa shape index (κ2) is 8.78. The van der Waals surface area contributed by atoms with E-state index < -0.39 is 17.2 Å². The van der Waals surface area contributed by atoms with Gasteiger partial charge in [0, 0.05) is 25.5 Å². The van der Waals surface area contributed by atoms with Crippen molar-refractivity contribution >= 4 is 17.1 Å². The number of carbonyl (C=O) groups is 1. The van der Waals surface area contributed by atoms with Crippen LogP contribution < -0.4 is 16.6 Å². The molecule has 0 fully saturated rings. The zero-order chi connectivity index (χ0) is 21.8. The minimum absolute atomic E-state index is 0.245. The molecular weight excluding hydrogens is 396 g/mol. The van der Waals surface area contributed by atoms with Gasteiger partial charge in [0.25, 0.3) is 5.56 Å². The Morgan fingerprint density at radius 3 is 2.52 bits per heavy atom. The lowest BCUT2D eigenvalue weighted by molar-refractivity contribution is -0.121. The molecule has 3 heterocycles. The summed E-state index contributed by atoms with van der Waals surface area (Å²) in [6.07, 6.45) is 4.83. The third-order valence-electron chi connectivity index (χ3n) is 5.02. The van der Waals surface area contributed by atoms with E-state index in [1.807, 2.05) is 43.3 Å². The van der Waals surface area contributed by atoms with Crippen LogP contribution in [0, 0.1) is 0 Å². The van der Waals surface area contributed by atoms with Crippen molar-refractivity contribution < 1.29 is 4.79 Å². The van der Waals surface area contributed by atoms with Crippen LogP contribution in [0.25, 0.3) is 11.2 Å². The topological polar surface area (TPSA) is 104 Å². The second-order valence-corrected chi connectivity index (χ2v) is 7.09. The molecule has 0 aliphatic carbocycles. The molecule has 0 unspecified atom stereocenters. The van der Waals surface area contributed by atoms with Gasteiger partial charge in [-0.3, -0.25) is 19.1 Å². The van der Waals surface area contributed by atoms with Crippen molar-refractivity contribution in [2.24, 2.45) is 0 Å². The number of imidazole rings is 1. The summed E-state index contributed by atoms with van der Waals surface area (Å²) in [5, 5.41) is 2.73. The van der Waals surface area contributed by atoms with E-state index in [0.717, 1.165) is 15.7 Å². The first-order valence-electron chi connectivity index (χ1n) is 9.96. The van der Waals surface area contributed by atoms with Gasteiger partial charge in [-0.1, -0.05) is 36.4 Å². The summed E-state index contributed by atoms with van der Waals surface area (Å²) in [5.41, 5.74) is 1.23. The molecule has 0 saturated heterocycles. The lowest BCUT2D eigenvalue weighted by atomic mass is 10.2. The van der Waals surface area contributed by atoms with Crippen molar-refractivity contribution in [3.8, 4) is 0 Å². The molecule has 1 N–H and O–H groups in total. The number of nitrogens with zero attached hydrogens (tertiary/aromatic N) is 5. The summed E-state index contributed by atoms with van der Waals surface area (Å²) in [7, 11) is 0. The van der Waals surface area contributed by atoms with E-state index in [9.17, 15) is 14.4 Å². The average molecular weight is 418 g/mol.